The van der Waals surface area contributed by atoms with Crippen LogP contribution in [0.15, 0.2) is 34.9 Å². The van der Waals surface area contributed by atoms with E-state index in [0.29, 0.717) is 6.54 Å². The Morgan fingerprint density at radius 2 is 2.14 bits per heavy atom. The van der Waals surface area contributed by atoms with Crippen molar-refractivity contribution in [2.75, 3.05) is 6.54 Å². The third-order valence-electron chi connectivity index (χ3n) is 2.19. The molecule has 0 aliphatic carbocycles. The molecule has 0 saturated carbocycles. The summed E-state index contributed by atoms with van der Waals surface area (Å²) in [6.07, 6.45) is 2.67. The summed E-state index contributed by atoms with van der Waals surface area (Å²) >= 11 is 3.45. The Morgan fingerprint density at radius 1 is 1.29 bits per heavy atom. The number of nitrogens with two attached hydrogens (primary N) is 1. The summed E-state index contributed by atoms with van der Waals surface area (Å²) in [6.45, 7) is 0.641. The number of hydrogen-bond donors (Lipinski definition) is 1. The van der Waals surface area contributed by atoms with E-state index in [2.05, 4.69) is 33.0 Å². The van der Waals surface area contributed by atoms with Crippen molar-refractivity contribution in [3.63, 3.8) is 0 Å². The van der Waals surface area contributed by atoms with Gasteiger partial charge in [0.2, 0.25) is 0 Å². The van der Waals surface area contributed by atoms with Gasteiger partial charge in [0.05, 0.1) is 0 Å². The van der Waals surface area contributed by atoms with Crippen molar-refractivity contribution in [2.45, 2.75) is 6.42 Å². The number of pyridine rings is 1. The predicted octanol–water partition coefficient (Wildman–Crippen LogP) is 2.50. The van der Waals surface area contributed by atoms with Crippen LogP contribution in [0.25, 0.3) is 10.8 Å². The fraction of sp³-hybridized carbons (Fsp3) is 0.182. The van der Waals surface area contributed by atoms with Crippen LogP contribution in [-0.2, 0) is 6.42 Å². The average Bonchev–Trinajstić information content (AvgIpc) is 2.18. The standard InChI is InChI=1S/C11H11BrN2/c12-9-1-2-10-8(7-9)4-6-14-11(10)3-5-13/h1-2,4,6-7H,3,5,13H2. The summed E-state index contributed by atoms with van der Waals surface area (Å²) in [4.78, 5) is 4.33. The van der Waals surface area contributed by atoms with E-state index < -0.39 is 0 Å². The first-order chi connectivity index (χ1) is 6.81. The first-order valence-corrected chi connectivity index (χ1v) is 5.34. The van der Waals surface area contributed by atoms with Crippen LogP contribution >= 0.6 is 15.9 Å². The second kappa shape index (κ2) is 4.07. The molecule has 1 heterocycles. The molecule has 72 valence electrons. The smallest absolute Gasteiger partial charge is 0.0494 e. The van der Waals surface area contributed by atoms with Gasteiger partial charge in [0.1, 0.15) is 0 Å². The van der Waals surface area contributed by atoms with Crippen LogP contribution in [0.4, 0.5) is 0 Å². The molecule has 0 unspecified atom stereocenters. The third-order valence-corrected chi connectivity index (χ3v) is 2.68. The number of rotatable bonds is 2. The van der Waals surface area contributed by atoms with E-state index in [1.807, 2.05) is 18.3 Å². The maximum Gasteiger partial charge on any atom is 0.0494 e. The second-order valence-electron chi connectivity index (χ2n) is 3.16. The fourth-order valence-corrected chi connectivity index (χ4v) is 1.93. The van der Waals surface area contributed by atoms with Crippen LogP contribution in [0.2, 0.25) is 0 Å². The normalized spacial score (nSPS) is 10.7. The van der Waals surface area contributed by atoms with E-state index in [1.54, 1.807) is 0 Å². The van der Waals surface area contributed by atoms with E-state index in [9.17, 15) is 0 Å². The quantitative estimate of drug-likeness (QED) is 0.890. The topological polar surface area (TPSA) is 38.9 Å². The molecule has 0 bridgehead atoms. The first kappa shape index (κ1) is 9.62. The van der Waals surface area contributed by atoms with E-state index in [1.165, 1.54) is 10.8 Å². The minimum Gasteiger partial charge on any atom is -0.330 e. The SMILES string of the molecule is NCCc1nccc2cc(Br)ccc12. The van der Waals surface area contributed by atoms with Crippen molar-refractivity contribution in [3.05, 3.63) is 40.6 Å². The van der Waals surface area contributed by atoms with Gasteiger partial charge in [-0.25, -0.2) is 0 Å². The van der Waals surface area contributed by atoms with Crippen molar-refractivity contribution in [2.24, 2.45) is 5.73 Å². The van der Waals surface area contributed by atoms with E-state index in [4.69, 9.17) is 5.73 Å². The number of hydrogen-bond acceptors (Lipinski definition) is 2. The van der Waals surface area contributed by atoms with Crippen LogP contribution in [-0.4, -0.2) is 11.5 Å². The molecule has 2 aromatic rings. The Hall–Kier alpha value is -0.930. The highest BCUT2D eigenvalue weighted by molar-refractivity contribution is 9.10. The molecule has 0 amide bonds. The van der Waals surface area contributed by atoms with Gasteiger partial charge >= 0.3 is 0 Å². The molecule has 0 fully saturated rings. The molecule has 2 rings (SSSR count). The minimum absolute atomic E-state index is 0.641. The number of halogens is 1. The van der Waals surface area contributed by atoms with Gasteiger partial charge in [0, 0.05) is 28.2 Å². The van der Waals surface area contributed by atoms with Gasteiger partial charge in [-0.2, -0.15) is 0 Å². The molecule has 14 heavy (non-hydrogen) atoms. The van der Waals surface area contributed by atoms with E-state index in [0.717, 1.165) is 16.6 Å². The molecular formula is C11H11BrN2. The number of benzene rings is 1. The molecule has 1 aromatic heterocycles. The molecule has 2 N–H and O–H groups in total. The second-order valence-corrected chi connectivity index (χ2v) is 4.08. The lowest BCUT2D eigenvalue weighted by molar-refractivity contribution is 0.935. The summed E-state index contributed by atoms with van der Waals surface area (Å²) in [5, 5.41) is 2.40. The lowest BCUT2D eigenvalue weighted by atomic mass is 10.1. The fourth-order valence-electron chi connectivity index (χ4n) is 1.55. The van der Waals surface area contributed by atoms with Crippen molar-refractivity contribution in [1.82, 2.24) is 4.98 Å². The maximum absolute atomic E-state index is 5.53. The zero-order valence-electron chi connectivity index (χ0n) is 7.70. The molecule has 3 heteroatoms. The zero-order chi connectivity index (χ0) is 9.97. The lowest BCUT2D eigenvalue weighted by Gasteiger charge is -2.04. The van der Waals surface area contributed by atoms with Crippen LogP contribution in [0.5, 0.6) is 0 Å². The van der Waals surface area contributed by atoms with Crippen LogP contribution in [0.3, 0.4) is 0 Å². The van der Waals surface area contributed by atoms with Gasteiger partial charge in [-0.05, 0) is 30.1 Å². The predicted molar refractivity (Wildman–Crippen MR) is 62.2 cm³/mol. The molecule has 0 atom stereocenters. The van der Waals surface area contributed by atoms with Crippen molar-refractivity contribution < 1.29 is 0 Å². The summed E-state index contributed by atoms with van der Waals surface area (Å²) in [6, 6.07) is 8.22. The van der Waals surface area contributed by atoms with Gasteiger partial charge in [-0.15, -0.1) is 0 Å². The summed E-state index contributed by atoms with van der Waals surface area (Å²) in [5.74, 6) is 0. The molecule has 0 radical (unpaired) electrons. The molecule has 0 aliphatic rings. The van der Waals surface area contributed by atoms with Crippen molar-refractivity contribution in [1.29, 1.82) is 0 Å². The van der Waals surface area contributed by atoms with Crippen molar-refractivity contribution >= 4 is 26.7 Å². The Kier molecular flexibility index (Phi) is 2.79. The Bertz CT molecular complexity index is 454. The summed E-state index contributed by atoms with van der Waals surface area (Å²) < 4.78 is 1.09. The highest BCUT2D eigenvalue weighted by Gasteiger charge is 2.01. The van der Waals surface area contributed by atoms with Gasteiger partial charge in [0.25, 0.3) is 0 Å². The highest BCUT2D eigenvalue weighted by atomic mass is 79.9. The maximum atomic E-state index is 5.53. The monoisotopic (exact) mass is 250 g/mol. The molecular weight excluding hydrogens is 240 g/mol. The zero-order valence-corrected chi connectivity index (χ0v) is 9.29. The van der Waals surface area contributed by atoms with Crippen LogP contribution in [0, 0.1) is 0 Å². The lowest BCUT2D eigenvalue weighted by Crippen LogP contribution is -2.04. The minimum atomic E-state index is 0.641. The molecule has 1 aromatic carbocycles. The van der Waals surface area contributed by atoms with E-state index in [-0.39, 0.29) is 0 Å². The van der Waals surface area contributed by atoms with Gasteiger partial charge in [-0.1, -0.05) is 22.0 Å². The summed E-state index contributed by atoms with van der Waals surface area (Å²) in [5.41, 5.74) is 6.61. The van der Waals surface area contributed by atoms with E-state index >= 15 is 0 Å². The van der Waals surface area contributed by atoms with Gasteiger partial charge in [-0.3, -0.25) is 4.98 Å². The average molecular weight is 251 g/mol. The van der Waals surface area contributed by atoms with Gasteiger partial charge in [0.15, 0.2) is 0 Å². The first-order valence-electron chi connectivity index (χ1n) is 4.54. The number of aromatic nitrogens is 1. The Labute approximate surface area is 91.3 Å². The van der Waals surface area contributed by atoms with Crippen molar-refractivity contribution in [3.8, 4) is 0 Å². The molecule has 2 nitrogen and oxygen atoms in total. The molecule has 0 spiro atoms. The number of fused-ring (bicyclic) bond motifs is 1. The number of nitrogens with zero attached hydrogens (tertiary/aromatic N) is 1. The Balaban J connectivity index is 2.62. The Morgan fingerprint density at radius 3 is 2.93 bits per heavy atom. The summed E-state index contributed by atoms with van der Waals surface area (Å²) in [7, 11) is 0. The highest BCUT2D eigenvalue weighted by Crippen LogP contribution is 2.21. The molecule has 0 aliphatic heterocycles. The van der Waals surface area contributed by atoms with Crippen LogP contribution in [0.1, 0.15) is 5.69 Å². The molecule has 0 saturated heterocycles. The largest absolute Gasteiger partial charge is 0.330 e. The third kappa shape index (κ3) is 1.79. The van der Waals surface area contributed by atoms with Crippen LogP contribution < -0.4 is 5.73 Å². The van der Waals surface area contributed by atoms with Gasteiger partial charge < -0.3 is 5.73 Å².